The summed E-state index contributed by atoms with van der Waals surface area (Å²) in [7, 11) is 0. The molecule has 36 heavy (non-hydrogen) atoms. The van der Waals surface area contributed by atoms with Gasteiger partial charge in [0.2, 0.25) is 5.88 Å². The van der Waals surface area contributed by atoms with Crippen molar-refractivity contribution < 1.29 is 14.3 Å². The Balaban J connectivity index is 1.07. The molecular weight excluding hydrogens is 452 g/mol. The summed E-state index contributed by atoms with van der Waals surface area (Å²) in [6.45, 7) is 7.31. The summed E-state index contributed by atoms with van der Waals surface area (Å²) in [6.07, 6.45) is 6.95. The Kier molecular flexibility index (Phi) is 8.41. The minimum Gasteiger partial charge on any atom is -0.488 e. The number of benzene rings is 2. The van der Waals surface area contributed by atoms with Gasteiger partial charge in [0, 0.05) is 43.7 Å². The van der Waals surface area contributed by atoms with E-state index >= 15 is 0 Å². The summed E-state index contributed by atoms with van der Waals surface area (Å²) >= 11 is 0. The first-order valence-corrected chi connectivity index (χ1v) is 13.4. The zero-order valence-corrected chi connectivity index (χ0v) is 21.1. The summed E-state index contributed by atoms with van der Waals surface area (Å²) in [5.41, 5.74) is 1.98. The summed E-state index contributed by atoms with van der Waals surface area (Å²) in [6, 6.07) is 17.9. The third-order valence-corrected chi connectivity index (χ3v) is 7.38. The van der Waals surface area contributed by atoms with E-state index in [4.69, 9.17) is 9.47 Å². The number of carbonyl (C=O) groups is 1. The number of likely N-dealkylation sites (tertiary alicyclic amines) is 2. The van der Waals surface area contributed by atoms with Crippen molar-refractivity contribution in [1.29, 1.82) is 0 Å². The van der Waals surface area contributed by atoms with E-state index in [-0.39, 0.29) is 6.04 Å². The molecule has 7 heteroatoms. The molecule has 0 saturated carbocycles. The van der Waals surface area contributed by atoms with Crippen LogP contribution >= 0.6 is 0 Å². The Labute approximate surface area is 213 Å². The maximum absolute atomic E-state index is 12.6. The van der Waals surface area contributed by atoms with E-state index in [1.54, 1.807) is 0 Å². The highest BCUT2D eigenvalue weighted by Crippen LogP contribution is 2.30. The second-order valence-electron chi connectivity index (χ2n) is 10.0. The van der Waals surface area contributed by atoms with Crippen molar-refractivity contribution in [3.63, 3.8) is 0 Å². The van der Waals surface area contributed by atoms with Gasteiger partial charge < -0.3 is 29.6 Å². The van der Waals surface area contributed by atoms with Crippen LogP contribution < -0.4 is 14.8 Å². The fraction of sp³-hybridized carbons (Fsp3) is 0.483. The van der Waals surface area contributed by atoms with Crippen molar-refractivity contribution in [3.05, 3.63) is 60.2 Å². The lowest BCUT2D eigenvalue weighted by molar-refractivity contribution is 0.157. The van der Waals surface area contributed by atoms with E-state index in [2.05, 4.69) is 20.1 Å². The van der Waals surface area contributed by atoms with Crippen LogP contribution in [0.3, 0.4) is 0 Å². The Hall–Kier alpha value is -3.03. The van der Waals surface area contributed by atoms with Gasteiger partial charge in [-0.15, -0.1) is 0 Å². The molecule has 2 aliphatic rings. The number of nitrogens with zero attached hydrogens (tertiary/aromatic N) is 2. The van der Waals surface area contributed by atoms with Crippen molar-refractivity contribution in [1.82, 2.24) is 20.1 Å². The van der Waals surface area contributed by atoms with E-state index in [9.17, 15) is 4.79 Å². The molecule has 0 radical (unpaired) electrons. The monoisotopic (exact) mass is 490 g/mol. The van der Waals surface area contributed by atoms with Crippen LogP contribution in [0, 0.1) is 0 Å². The Morgan fingerprint density at radius 2 is 1.61 bits per heavy atom. The Morgan fingerprint density at radius 3 is 2.36 bits per heavy atom. The minimum absolute atomic E-state index is 0.154. The molecule has 7 nitrogen and oxygen atoms in total. The first-order valence-electron chi connectivity index (χ1n) is 13.4. The maximum Gasteiger partial charge on any atom is 0.414 e. The first-order chi connectivity index (χ1) is 17.7. The maximum atomic E-state index is 12.6. The van der Waals surface area contributed by atoms with E-state index < -0.39 is 6.09 Å². The zero-order chi connectivity index (χ0) is 24.6. The van der Waals surface area contributed by atoms with Crippen LogP contribution in [0.15, 0.2) is 54.6 Å². The lowest BCUT2D eigenvalue weighted by Gasteiger charge is -2.33. The fourth-order valence-electron chi connectivity index (χ4n) is 5.26. The van der Waals surface area contributed by atoms with Gasteiger partial charge in [-0.25, -0.2) is 4.79 Å². The summed E-state index contributed by atoms with van der Waals surface area (Å²) in [5.74, 6) is 1.18. The van der Waals surface area contributed by atoms with Crippen molar-refractivity contribution in [3.8, 4) is 11.6 Å². The number of piperidine rings is 1. The third-order valence-electron chi connectivity index (χ3n) is 7.38. The van der Waals surface area contributed by atoms with Crippen LogP contribution in [-0.2, 0) is 6.61 Å². The molecule has 0 bridgehead atoms. The Bertz CT molecular complexity index is 1100. The minimum atomic E-state index is -0.406. The highest BCUT2D eigenvalue weighted by atomic mass is 16.6. The molecule has 2 saturated heterocycles. The van der Waals surface area contributed by atoms with Gasteiger partial charge in [-0.2, -0.15) is 0 Å². The number of fused-ring (bicyclic) bond motifs is 1. The molecule has 2 N–H and O–H groups in total. The van der Waals surface area contributed by atoms with Gasteiger partial charge >= 0.3 is 6.09 Å². The molecule has 3 heterocycles. The lowest BCUT2D eigenvalue weighted by Crippen LogP contribution is -2.47. The second-order valence-corrected chi connectivity index (χ2v) is 10.0. The topological polar surface area (TPSA) is 69.8 Å². The number of amides is 1. The molecule has 192 valence electrons. The molecule has 5 rings (SSSR count). The van der Waals surface area contributed by atoms with E-state index in [1.165, 1.54) is 38.8 Å². The molecule has 0 atom stereocenters. The quantitative estimate of drug-likeness (QED) is 0.456. The summed E-state index contributed by atoms with van der Waals surface area (Å²) in [5, 5.41) is 3.95. The normalized spacial score (nSPS) is 18.1. The number of hydrogen-bond donors (Lipinski definition) is 2. The van der Waals surface area contributed by atoms with Crippen LogP contribution in [0.4, 0.5) is 4.79 Å². The van der Waals surface area contributed by atoms with Gasteiger partial charge in [0.15, 0.2) is 0 Å². The molecule has 2 aliphatic heterocycles. The highest BCUT2D eigenvalue weighted by Gasteiger charge is 2.22. The number of rotatable bonds is 8. The third kappa shape index (κ3) is 6.80. The van der Waals surface area contributed by atoms with Gasteiger partial charge in [0.25, 0.3) is 0 Å². The molecular formula is C29H38N4O3. The lowest BCUT2D eigenvalue weighted by atomic mass is 10.1. The summed E-state index contributed by atoms with van der Waals surface area (Å²) < 4.78 is 11.6. The van der Waals surface area contributed by atoms with E-state index in [0.717, 1.165) is 61.2 Å². The zero-order valence-electron chi connectivity index (χ0n) is 21.1. The molecule has 1 aromatic heterocycles. The number of aromatic nitrogens is 1. The second kappa shape index (κ2) is 12.3. The summed E-state index contributed by atoms with van der Waals surface area (Å²) in [4.78, 5) is 20.9. The van der Waals surface area contributed by atoms with Gasteiger partial charge in [-0.1, -0.05) is 49.2 Å². The molecule has 3 aromatic rings. The SMILES string of the molecule is O=C(NC1CCN(CCN2CCCCCC2)CC1)Oc1cc2c(OCc3ccccc3)cccc2[nH]1. The Morgan fingerprint density at radius 1 is 0.889 bits per heavy atom. The largest absolute Gasteiger partial charge is 0.488 e. The number of hydrogen-bond acceptors (Lipinski definition) is 5. The van der Waals surface area contributed by atoms with Crippen LogP contribution in [-0.4, -0.2) is 66.2 Å². The standard InChI is InChI=1S/C29H38N4O3/c34-29(30-24-13-17-33(18-14-24)20-19-32-15-6-1-2-7-16-32)36-28-21-25-26(31-28)11-8-12-27(25)35-22-23-9-4-3-5-10-23/h3-5,8-12,21,24,31H,1-2,6-7,13-20,22H2,(H,30,34). The number of ether oxygens (including phenoxy) is 2. The number of H-pyrrole nitrogens is 1. The smallest absolute Gasteiger partial charge is 0.414 e. The van der Waals surface area contributed by atoms with Crippen molar-refractivity contribution in [2.45, 2.75) is 51.2 Å². The van der Waals surface area contributed by atoms with E-state index in [1.807, 2.05) is 54.6 Å². The van der Waals surface area contributed by atoms with E-state index in [0.29, 0.717) is 12.5 Å². The molecule has 0 unspecified atom stereocenters. The van der Waals surface area contributed by atoms with Gasteiger partial charge in [0.05, 0.1) is 5.52 Å². The van der Waals surface area contributed by atoms with Crippen molar-refractivity contribution >= 4 is 17.0 Å². The molecule has 0 aliphatic carbocycles. The first kappa shape index (κ1) is 24.7. The van der Waals surface area contributed by atoms with Gasteiger partial charge in [-0.05, 0) is 56.5 Å². The van der Waals surface area contributed by atoms with Crippen LogP contribution in [0.5, 0.6) is 11.6 Å². The number of nitrogens with one attached hydrogen (secondary N) is 2. The molecule has 2 fully saturated rings. The predicted octanol–water partition coefficient (Wildman–Crippen LogP) is 5.18. The average molecular weight is 491 g/mol. The van der Waals surface area contributed by atoms with Crippen molar-refractivity contribution in [2.24, 2.45) is 0 Å². The fourth-order valence-corrected chi connectivity index (χ4v) is 5.26. The van der Waals surface area contributed by atoms with Gasteiger partial charge in [-0.3, -0.25) is 0 Å². The number of aromatic amines is 1. The van der Waals surface area contributed by atoms with Crippen LogP contribution in [0.1, 0.15) is 44.1 Å². The van der Waals surface area contributed by atoms with Gasteiger partial charge in [0.1, 0.15) is 12.4 Å². The highest BCUT2D eigenvalue weighted by molar-refractivity contribution is 5.88. The molecule has 0 spiro atoms. The average Bonchev–Trinajstić information content (AvgIpc) is 3.13. The molecule has 1 amide bonds. The van der Waals surface area contributed by atoms with Crippen LogP contribution in [0.2, 0.25) is 0 Å². The van der Waals surface area contributed by atoms with Crippen molar-refractivity contribution in [2.75, 3.05) is 39.3 Å². The number of carbonyl (C=O) groups excluding carboxylic acids is 1. The van der Waals surface area contributed by atoms with Crippen LogP contribution in [0.25, 0.3) is 10.9 Å². The molecule has 2 aromatic carbocycles. The predicted molar refractivity (Wildman–Crippen MR) is 143 cm³/mol.